The number of alkyl carbamates (subject to hydrolysis) is 1. The molecule has 0 saturated carbocycles. The summed E-state index contributed by atoms with van der Waals surface area (Å²) in [7, 11) is 0. The van der Waals surface area contributed by atoms with E-state index in [4.69, 9.17) is 10.5 Å². The van der Waals surface area contributed by atoms with E-state index in [1.54, 1.807) is 20.8 Å². The van der Waals surface area contributed by atoms with Crippen molar-refractivity contribution < 1.29 is 23.9 Å². The van der Waals surface area contributed by atoms with E-state index in [-0.39, 0.29) is 12.5 Å². The number of benzene rings is 1. The van der Waals surface area contributed by atoms with E-state index in [2.05, 4.69) is 24.5 Å². The Hall–Kier alpha value is -3.10. The summed E-state index contributed by atoms with van der Waals surface area (Å²) in [5.74, 6) is -1.60. The highest BCUT2D eigenvalue weighted by Gasteiger charge is 2.36. The fraction of sp³-hybridized carbons (Fsp3) is 0.667. The monoisotopic (exact) mass is 546 g/mol. The van der Waals surface area contributed by atoms with Gasteiger partial charge in [-0.2, -0.15) is 0 Å². The van der Waals surface area contributed by atoms with E-state index in [1.165, 1.54) is 4.90 Å². The fourth-order valence-electron chi connectivity index (χ4n) is 4.21. The van der Waals surface area contributed by atoms with E-state index >= 15 is 0 Å². The lowest BCUT2D eigenvalue weighted by Crippen LogP contribution is -2.54. The molecule has 0 fully saturated rings. The number of carbonyl (C=O) groups excluding carboxylic acids is 4. The highest BCUT2D eigenvalue weighted by Crippen LogP contribution is 2.25. The molecule has 220 valence electrons. The lowest BCUT2D eigenvalue weighted by molar-refractivity contribution is -0.143. The number of nitrogens with two attached hydrogens (primary N) is 1. The van der Waals surface area contributed by atoms with E-state index in [1.807, 2.05) is 31.2 Å². The average molecular weight is 547 g/mol. The molecule has 2 atom stereocenters. The number of nitrogens with zero attached hydrogens (tertiary/aromatic N) is 1. The van der Waals surface area contributed by atoms with E-state index in [0.717, 1.165) is 50.5 Å². The van der Waals surface area contributed by atoms with Crippen LogP contribution in [0.4, 0.5) is 4.79 Å². The second-order valence-electron chi connectivity index (χ2n) is 11.1. The molecule has 1 aromatic carbocycles. The molecular weight excluding hydrogens is 496 g/mol. The Kier molecular flexibility index (Phi) is 15.2. The Labute approximate surface area is 234 Å². The van der Waals surface area contributed by atoms with Crippen LogP contribution >= 0.6 is 0 Å². The summed E-state index contributed by atoms with van der Waals surface area (Å²) in [6.07, 6.45) is 6.32. The molecule has 0 aliphatic rings. The van der Waals surface area contributed by atoms with Crippen molar-refractivity contribution in [3.8, 4) is 0 Å². The zero-order valence-electron chi connectivity index (χ0n) is 24.8. The van der Waals surface area contributed by atoms with Gasteiger partial charge >= 0.3 is 6.09 Å². The minimum absolute atomic E-state index is 0.286. The fourth-order valence-corrected chi connectivity index (χ4v) is 4.21. The lowest BCUT2D eigenvalue weighted by atomic mass is 10.00. The first-order valence-electron chi connectivity index (χ1n) is 14.3. The first-order chi connectivity index (χ1) is 18.4. The van der Waals surface area contributed by atoms with Gasteiger partial charge in [0.25, 0.3) is 0 Å². The molecule has 1 aromatic rings. The molecule has 4 amide bonds. The van der Waals surface area contributed by atoms with Crippen LogP contribution in [-0.4, -0.2) is 53.4 Å². The molecule has 4 N–H and O–H groups in total. The van der Waals surface area contributed by atoms with Crippen LogP contribution in [0.15, 0.2) is 24.3 Å². The number of amides is 4. The third-order valence-electron chi connectivity index (χ3n) is 6.21. The summed E-state index contributed by atoms with van der Waals surface area (Å²) in [5, 5.41) is 5.52. The summed E-state index contributed by atoms with van der Waals surface area (Å²) in [6.45, 7) is 12.1. The first-order valence-corrected chi connectivity index (χ1v) is 14.3. The summed E-state index contributed by atoms with van der Waals surface area (Å²) in [5.41, 5.74) is 6.35. The van der Waals surface area contributed by atoms with Gasteiger partial charge in [-0.3, -0.25) is 14.4 Å². The van der Waals surface area contributed by atoms with Crippen molar-refractivity contribution in [3.63, 3.8) is 0 Å². The molecule has 0 aliphatic carbocycles. The van der Waals surface area contributed by atoms with Gasteiger partial charge < -0.3 is 26.0 Å². The number of ether oxygens (including phenoxy) is 1. The molecule has 0 aromatic heterocycles. The van der Waals surface area contributed by atoms with Crippen LogP contribution in [0.5, 0.6) is 0 Å². The highest BCUT2D eigenvalue weighted by molar-refractivity contribution is 5.94. The predicted octanol–water partition coefficient (Wildman–Crippen LogP) is 4.91. The zero-order valence-corrected chi connectivity index (χ0v) is 24.8. The largest absolute Gasteiger partial charge is 0.444 e. The van der Waals surface area contributed by atoms with E-state index < -0.39 is 42.0 Å². The summed E-state index contributed by atoms with van der Waals surface area (Å²) in [4.78, 5) is 53.7. The zero-order chi connectivity index (χ0) is 29.4. The SMILES string of the molecule is CCCCCCCN(C(=O)C(CC(N)=O)NC(=O)OC(C)(C)C)C(C(=O)NCCCCC)c1ccc(C)cc1. The second kappa shape index (κ2) is 17.5. The van der Waals surface area contributed by atoms with Crippen LogP contribution in [0.1, 0.15) is 110 Å². The van der Waals surface area contributed by atoms with Gasteiger partial charge in [-0.05, 0) is 46.1 Å². The summed E-state index contributed by atoms with van der Waals surface area (Å²) >= 11 is 0. The number of rotatable bonds is 17. The Balaban J connectivity index is 3.41. The predicted molar refractivity (Wildman–Crippen MR) is 154 cm³/mol. The number of carbonyl (C=O) groups is 4. The molecule has 9 heteroatoms. The Bertz CT molecular complexity index is 911. The molecule has 0 bridgehead atoms. The third-order valence-corrected chi connectivity index (χ3v) is 6.21. The van der Waals surface area contributed by atoms with Crippen molar-refractivity contribution in [2.45, 2.75) is 117 Å². The second-order valence-corrected chi connectivity index (χ2v) is 11.1. The maximum absolute atomic E-state index is 14.0. The molecule has 39 heavy (non-hydrogen) atoms. The van der Waals surface area contributed by atoms with Gasteiger partial charge in [0.1, 0.15) is 17.7 Å². The topological polar surface area (TPSA) is 131 Å². The van der Waals surface area contributed by atoms with Crippen LogP contribution < -0.4 is 16.4 Å². The smallest absolute Gasteiger partial charge is 0.408 e. The van der Waals surface area contributed by atoms with Crippen LogP contribution in [0.25, 0.3) is 0 Å². The minimum atomic E-state index is -1.27. The van der Waals surface area contributed by atoms with Crippen molar-refractivity contribution in [3.05, 3.63) is 35.4 Å². The maximum atomic E-state index is 14.0. The van der Waals surface area contributed by atoms with Gasteiger partial charge in [0.05, 0.1) is 6.42 Å². The Morgan fingerprint density at radius 1 is 0.923 bits per heavy atom. The molecule has 0 aliphatic heterocycles. The van der Waals surface area contributed by atoms with Gasteiger partial charge in [-0.15, -0.1) is 0 Å². The number of aryl methyl sites for hydroxylation is 1. The van der Waals surface area contributed by atoms with Crippen molar-refractivity contribution in [1.82, 2.24) is 15.5 Å². The van der Waals surface area contributed by atoms with Crippen LogP contribution in [0.2, 0.25) is 0 Å². The number of primary amides is 1. The first kappa shape index (κ1) is 33.9. The van der Waals surface area contributed by atoms with Crippen LogP contribution in [-0.2, 0) is 19.1 Å². The number of nitrogens with one attached hydrogen (secondary N) is 2. The molecule has 0 radical (unpaired) electrons. The Morgan fingerprint density at radius 3 is 2.08 bits per heavy atom. The Morgan fingerprint density at radius 2 is 1.51 bits per heavy atom. The normalized spacial score (nSPS) is 12.8. The quantitative estimate of drug-likeness (QED) is 0.239. The van der Waals surface area contributed by atoms with Gasteiger partial charge in [0.2, 0.25) is 17.7 Å². The lowest BCUT2D eigenvalue weighted by Gasteiger charge is -2.34. The molecule has 9 nitrogen and oxygen atoms in total. The highest BCUT2D eigenvalue weighted by atomic mass is 16.6. The summed E-state index contributed by atoms with van der Waals surface area (Å²) in [6, 6.07) is 5.28. The molecular formula is C30H50N4O5. The molecule has 0 saturated heterocycles. The maximum Gasteiger partial charge on any atom is 0.408 e. The van der Waals surface area contributed by atoms with Crippen molar-refractivity contribution >= 4 is 23.8 Å². The van der Waals surface area contributed by atoms with Crippen LogP contribution in [0.3, 0.4) is 0 Å². The number of hydrogen-bond donors (Lipinski definition) is 3. The van der Waals surface area contributed by atoms with Gasteiger partial charge in [-0.25, -0.2) is 4.79 Å². The number of unbranched alkanes of at least 4 members (excludes halogenated alkanes) is 6. The van der Waals surface area contributed by atoms with Crippen molar-refractivity contribution in [2.24, 2.45) is 5.73 Å². The molecule has 2 unspecified atom stereocenters. The molecule has 0 spiro atoms. The van der Waals surface area contributed by atoms with Crippen LogP contribution in [0, 0.1) is 6.92 Å². The van der Waals surface area contributed by atoms with Gasteiger partial charge in [0, 0.05) is 13.1 Å². The standard InChI is InChI=1S/C30H50N4O5/c1-7-9-11-12-14-20-34(28(37)24(21-25(31)35)33-29(38)39-30(4,5)6)26(23-17-15-22(3)16-18-23)27(36)32-19-13-10-8-2/h15-18,24,26H,7-14,19-21H2,1-6H3,(H2,31,35)(H,32,36)(H,33,38). The summed E-state index contributed by atoms with van der Waals surface area (Å²) < 4.78 is 5.33. The molecule has 0 heterocycles. The third kappa shape index (κ3) is 13.5. The van der Waals surface area contributed by atoms with Gasteiger partial charge in [0.15, 0.2) is 0 Å². The van der Waals surface area contributed by atoms with E-state index in [0.29, 0.717) is 18.5 Å². The molecule has 1 rings (SSSR count). The van der Waals surface area contributed by atoms with Crippen molar-refractivity contribution in [2.75, 3.05) is 13.1 Å². The van der Waals surface area contributed by atoms with E-state index in [9.17, 15) is 19.2 Å². The average Bonchev–Trinajstić information content (AvgIpc) is 2.84. The van der Waals surface area contributed by atoms with Crippen molar-refractivity contribution in [1.29, 1.82) is 0 Å². The van der Waals surface area contributed by atoms with Gasteiger partial charge in [-0.1, -0.05) is 82.2 Å². The minimum Gasteiger partial charge on any atom is -0.444 e. The number of hydrogen-bond acceptors (Lipinski definition) is 5.